The van der Waals surface area contributed by atoms with Crippen LogP contribution in [0.1, 0.15) is 36.1 Å². The van der Waals surface area contributed by atoms with Gasteiger partial charge in [-0.05, 0) is 48.1 Å². The molecule has 0 saturated heterocycles. The van der Waals surface area contributed by atoms with E-state index in [0.29, 0.717) is 0 Å². The average molecular weight is 255 g/mol. The first kappa shape index (κ1) is 12.2. The lowest BCUT2D eigenvalue weighted by Crippen LogP contribution is -2.08. The fraction of sp³-hybridized carbons (Fsp3) is 0.294. The van der Waals surface area contributed by atoms with Gasteiger partial charge in [-0.3, -0.25) is 0 Å². The van der Waals surface area contributed by atoms with Gasteiger partial charge in [0.1, 0.15) is 5.82 Å². The van der Waals surface area contributed by atoms with Gasteiger partial charge in [-0.2, -0.15) is 0 Å². The summed E-state index contributed by atoms with van der Waals surface area (Å²) in [6.45, 7) is 2.16. The highest BCUT2D eigenvalue weighted by Gasteiger charge is 2.24. The summed E-state index contributed by atoms with van der Waals surface area (Å²) in [4.78, 5) is 0. The molecular formula is C17H18FN. The maximum absolute atomic E-state index is 13.7. The Kier molecular flexibility index (Phi) is 3.24. The van der Waals surface area contributed by atoms with Gasteiger partial charge in [-0.1, -0.05) is 37.3 Å². The third kappa shape index (κ3) is 2.23. The highest BCUT2D eigenvalue weighted by atomic mass is 19.1. The molecule has 0 aromatic heterocycles. The standard InChI is InChI=1S/C17H18FN/c1-2-12-6-3-4-9-16(12)19-17-11-10-13-14(17)7-5-8-15(13)18/h3-9,17,19H,2,10-11H2,1H3. The molecule has 19 heavy (non-hydrogen) atoms. The number of para-hydroxylation sites is 1. The van der Waals surface area contributed by atoms with Crippen LogP contribution in [-0.4, -0.2) is 0 Å². The smallest absolute Gasteiger partial charge is 0.126 e. The van der Waals surface area contributed by atoms with Crippen LogP contribution < -0.4 is 5.32 Å². The zero-order valence-corrected chi connectivity index (χ0v) is 11.1. The van der Waals surface area contributed by atoms with E-state index in [1.807, 2.05) is 12.1 Å². The van der Waals surface area contributed by atoms with Crippen LogP contribution in [0, 0.1) is 5.82 Å². The Hall–Kier alpha value is -1.83. The lowest BCUT2D eigenvalue weighted by molar-refractivity contribution is 0.612. The summed E-state index contributed by atoms with van der Waals surface area (Å²) in [6, 6.07) is 14.0. The van der Waals surface area contributed by atoms with Crippen LogP contribution in [0.4, 0.5) is 10.1 Å². The highest BCUT2D eigenvalue weighted by Crippen LogP contribution is 2.35. The number of anilines is 1. The quantitative estimate of drug-likeness (QED) is 0.852. The number of aryl methyl sites for hydroxylation is 1. The molecule has 2 aromatic carbocycles. The number of rotatable bonds is 3. The van der Waals surface area contributed by atoms with Crippen LogP contribution in [0.5, 0.6) is 0 Å². The molecular weight excluding hydrogens is 237 g/mol. The van der Waals surface area contributed by atoms with Gasteiger partial charge in [0.25, 0.3) is 0 Å². The summed E-state index contributed by atoms with van der Waals surface area (Å²) < 4.78 is 13.7. The Morgan fingerprint density at radius 2 is 2.00 bits per heavy atom. The van der Waals surface area contributed by atoms with Crippen molar-refractivity contribution in [3.63, 3.8) is 0 Å². The minimum Gasteiger partial charge on any atom is -0.378 e. The van der Waals surface area contributed by atoms with E-state index in [9.17, 15) is 4.39 Å². The van der Waals surface area contributed by atoms with E-state index in [1.165, 1.54) is 11.3 Å². The van der Waals surface area contributed by atoms with Gasteiger partial charge in [-0.15, -0.1) is 0 Å². The van der Waals surface area contributed by atoms with Crippen LogP contribution in [0.15, 0.2) is 42.5 Å². The molecule has 1 nitrogen and oxygen atoms in total. The number of benzene rings is 2. The molecule has 0 amide bonds. The van der Waals surface area contributed by atoms with E-state index < -0.39 is 0 Å². The normalized spacial score (nSPS) is 17.3. The fourth-order valence-electron chi connectivity index (χ4n) is 2.92. The molecule has 0 fully saturated rings. The predicted molar refractivity (Wildman–Crippen MR) is 76.9 cm³/mol. The molecule has 3 rings (SSSR count). The average Bonchev–Trinajstić information content (AvgIpc) is 2.84. The molecule has 0 bridgehead atoms. The molecule has 1 atom stereocenters. The van der Waals surface area contributed by atoms with E-state index in [0.717, 1.165) is 30.4 Å². The van der Waals surface area contributed by atoms with Crippen molar-refractivity contribution in [1.29, 1.82) is 0 Å². The summed E-state index contributed by atoms with van der Waals surface area (Å²) in [5.74, 6) is -0.0643. The molecule has 0 radical (unpaired) electrons. The Morgan fingerprint density at radius 1 is 1.16 bits per heavy atom. The van der Waals surface area contributed by atoms with Crippen molar-refractivity contribution in [2.45, 2.75) is 32.2 Å². The molecule has 1 N–H and O–H groups in total. The molecule has 1 unspecified atom stereocenters. The lowest BCUT2D eigenvalue weighted by Gasteiger charge is -2.18. The van der Waals surface area contributed by atoms with Crippen LogP contribution >= 0.6 is 0 Å². The van der Waals surface area contributed by atoms with Crippen LogP contribution in [0.2, 0.25) is 0 Å². The molecule has 98 valence electrons. The molecule has 0 spiro atoms. The summed E-state index contributed by atoms with van der Waals surface area (Å²) in [5.41, 5.74) is 4.49. The van der Waals surface area contributed by atoms with E-state index in [4.69, 9.17) is 0 Å². The Morgan fingerprint density at radius 3 is 2.84 bits per heavy atom. The van der Waals surface area contributed by atoms with Crippen molar-refractivity contribution in [2.75, 3.05) is 5.32 Å². The molecule has 0 saturated carbocycles. The fourth-order valence-corrected chi connectivity index (χ4v) is 2.92. The number of nitrogens with one attached hydrogen (secondary N) is 1. The van der Waals surface area contributed by atoms with Gasteiger partial charge >= 0.3 is 0 Å². The first-order valence-electron chi connectivity index (χ1n) is 6.91. The molecule has 0 aliphatic heterocycles. The van der Waals surface area contributed by atoms with Gasteiger partial charge in [-0.25, -0.2) is 4.39 Å². The van der Waals surface area contributed by atoms with Crippen LogP contribution in [0.3, 0.4) is 0 Å². The summed E-state index contributed by atoms with van der Waals surface area (Å²) in [7, 11) is 0. The summed E-state index contributed by atoms with van der Waals surface area (Å²) in [6.07, 6.45) is 2.80. The van der Waals surface area contributed by atoms with E-state index in [1.54, 1.807) is 12.1 Å². The molecule has 1 aliphatic rings. The summed E-state index contributed by atoms with van der Waals surface area (Å²) >= 11 is 0. The first-order valence-corrected chi connectivity index (χ1v) is 6.91. The van der Waals surface area contributed by atoms with Crippen molar-refractivity contribution in [1.82, 2.24) is 0 Å². The Balaban J connectivity index is 1.89. The van der Waals surface area contributed by atoms with Gasteiger partial charge in [0, 0.05) is 5.69 Å². The van der Waals surface area contributed by atoms with Gasteiger partial charge in [0.05, 0.1) is 6.04 Å². The molecule has 1 aliphatic carbocycles. The maximum Gasteiger partial charge on any atom is 0.126 e. The number of hydrogen-bond donors (Lipinski definition) is 1. The van der Waals surface area contributed by atoms with Crippen LogP contribution in [0.25, 0.3) is 0 Å². The SMILES string of the molecule is CCc1ccccc1NC1CCc2c(F)cccc21. The van der Waals surface area contributed by atoms with Crippen molar-refractivity contribution >= 4 is 5.69 Å². The second-order valence-corrected chi connectivity index (χ2v) is 5.05. The van der Waals surface area contributed by atoms with Crippen LogP contribution in [-0.2, 0) is 12.8 Å². The van der Waals surface area contributed by atoms with Gasteiger partial charge in [0.15, 0.2) is 0 Å². The third-order valence-electron chi connectivity index (χ3n) is 3.94. The van der Waals surface area contributed by atoms with E-state index >= 15 is 0 Å². The van der Waals surface area contributed by atoms with Crippen molar-refractivity contribution in [3.8, 4) is 0 Å². The zero-order chi connectivity index (χ0) is 13.2. The molecule has 0 heterocycles. The van der Waals surface area contributed by atoms with Crippen molar-refractivity contribution in [3.05, 3.63) is 65.0 Å². The lowest BCUT2D eigenvalue weighted by atomic mass is 10.1. The maximum atomic E-state index is 13.7. The first-order chi connectivity index (χ1) is 9.29. The Labute approximate surface area is 113 Å². The van der Waals surface area contributed by atoms with E-state index in [-0.39, 0.29) is 11.9 Å². The minimum absolute atomic E-state index is 0.0643. The molecule has 2 heteroatoms. The zero-order valence-electron chi connectivity index (χ0n) is 11.1. The predicted octanol–water partition coefficient (Wildman–Crippen LogP) is 4.49. The number of fused-ring (bicyclic) bond motifs is 1. The monoisotopic (exact) mass is 255 g/mol. The van der Waals surface area contributed by atoms with Gasteiger partial charge < -0.3 is 5.32 Å². The minimum atomic E-state index is -0.0643. The Bertz CT molecular complexity index is 592. The topological polar surface area (TPSA) is 12.0 Å². The highest BCUT2D eigenvalue weighted by molar-refractivity contribution is 5.54. The largest absolute Gasteiger partial charge is 0.378 e. The van der Waals surface area contributed by atoms with Gasteiger partial charge in [0.2, 0.25) is 0 Å². The second kappa shape index (κ2) is 5.04. The van der Waals surface area contributed by atoms with Crippen molar-refractivity contribution < 1.29 is 4.39 Å². The molecule has 2 aromatic rings. The number of hydrogen-bond acceptors (Lipinski definition) is 1. The summed E-state index contributed by atoms with van der Waals surface area (Å²) in [5, 5.41) is 3.58. The number of halogens is 1. The van der Waals surface area contributed by atoms with Crippen molar-refractivity contribution in [2.24, 2.45) is 0 Å². The second-order valence-electron chi connectivity index (χ2n) is 5.05. The third-order valence-corrected chi connectivity index (χ3v) is 3.94. The van der Waals surface area contributed by atoms with E-state index in [2.05, 4.69) is 30.4 Å².